The van der Waals surface area contributed by atoms with Gasteiger partial charge in [-0.3, -0.25) is 4.79 Å². The van der Waals surface area contributed by atoms with Crippen molar-refractivity contribution in [3.05, 3.63) is 70.9 Å². The van der Waals surface area contributed by atoms with Crippen molar-refractivity contribution >= 4 is 34.5 Å². The van der Waals surface area contributed by atoms with E-state index in [-0.39, 0.29) is 42.0 Å². The van der Waals surface area contributed by atoms with E-state index in [4.69, 9.17) is 4.74 Å². The predicted octanol–water partition coefficient (Wildman–Crippen LogP) is 4.41. The maximum absolute atomic E-state index is 12.2. The Kier molecular flexibility index (Phi) is 6.69. The third kappa shape index (κ3) is 4.88. The summed E-state index contributed by atoms with van der Waals surface area (Å²) in [5.41, 5.74) is 4.97. The van der Waals surface area contributed by atoms with Crippen LogP contribution >= 0.6 is 11.5 Å². The fourth-order valence-electron chi connectivity index (χ4n) is 3.98. The van der Waals surface area contributed by atoms with Crippen molar-refractivity contribution in [2.24, 2.45) is 0 Å². The van der Waals surface area contributed by atoms with Gasteiger partial charge in [0, 0.05) is 18.9 Å². The molecule has 9 heteroatoms. The van der Waals surface area contributed by atoms with Gasteiger partial charge in [-0.25, -0.2) is 9.59 Å². The van der Waals surface area contributed by atoms with Crippen molar-refractivity contribution < 1.29 is 24.2 Å². The molecule has 4 rings (SSSR count). The molecule has 0 fully saturated rings. The first-order valence-corrected chi connectivity index (χ1v) is 11.3. The van der Waals surface area contributed by atoms with Crippen LogP contribution in [0.25, 0.3) is 11.1 Å². The van der Waals surface area contributed by atoms with Gasteiger partial charge in [0.2, 0.25) is 5.91 Å². The summed E-state index contributed by atoms with van der Waals surface area (Å²) in [5.74, 6) is -1.48. The van der Waals surface area contributed by atoms with Gasteiger partial charge in [0.1, 0.15) is 17.2 Å². The molecule has 0 spiro atoms. The number of aromatic carboxylic acids is 1. The number of aromatic nitrogens is 1. The molecule has 3 N–H and O–H groups in total. The topological polar surface area (TPSA) is 118 Å². The molecule has 2 aromatic carbocycles. The van der Waals surface area contributed by atoms with E-state index < -0.39 is 12.1 Å². The number of benzene rings is 2. The molecule has 1 aliphatic carbocycles. The number of nitrogens with one attached hydrogen (secondary N) is 2. The van der Waals surface area contributed by atoms with E-state index in [1.54, 1.807) is 6.92 Å². The molecule has 0 unspecified atom stereocenters. The second-order valence-electron chi connectivity index (χ2n) is 7.68. The van der Waals surface area contributed by atoms with Crippen LogP contribution in [-0.2, 0) is 9.53 Å². The standard InChI is InChI=1S/C24H23N3O5S/c1-14-21(23(29)30)22(33-27-14)26-20(28)11-6-12-25-24(31)32-13-19-17-9-4-2-7-15(17)16-8-3-5-10-18(16)19/h2-5,7-10,19H,6,11-13H2,1H3,(H,25,31)(H,26,28)(H,29,30). The Balaban J connectivity index is 1.22. The summed E-state index contributed by atoms with van der Waals surface area (Å²) in [6.07, 6.45) is -0.0286. The van der Waals surface area contributed by atoms with Gasteiger partial charge in [-0.1, -0.05) is 48.5 Å². The van der Waals surface area contributed by atoms with Gasteiger partial charge in [-0.2, -0.15) is 4.37 Å². The molecular formula is C24H23N3O5S. The molecule has 1 aliphatic rings. The number of ether oxygens (including phenoxy) is 1. The Bertz CT molecular complexity index is 1160. The molecule has 170 valence electrons. The summed E-state index contributed by atoms with van der Waals surface area (Å²) in [6.45, 7) is 2.06. The Hall–Kier alpha value is -3.72. The number of anilines is 1. The van der Waals surface area contributed by atoms with Crippen LogP contribution in [-0.4, -0.2) is 40.6 Å². The number of nitrogens with zero attached hydrogens (tertiary/aromatic N) is 1. The molecule has 0 atom stereocenters. The van der Waals surface area contributed by atoms with Crippen LogP contribution in [0.1, 0.15) is 45.9 Å². The first kappa shape index (κ1) is 22.5. The SMILES string of the molecule is Cc1nsc(NC(=O)CCCNC(=O)OCC2c3ccccc3-c3ccccc32)c1C(=O)O. The fourth-order valence-corrected chi connectivity index (χ4v) is 4.79. The van der Waals surface area contributed by atoms with E-state index in [1.807, 2.05) is 24.3 Å². The highest BCUT2D eigenvalue weighted by atomic mass is 32.1. The minimum absolute atomic E-state index is 0.00473. The highest BCUT2D eigenvalue weighted by Gasteiger charge is 2.29. The highest BCUT2D eigenvalue weighted by Crippen LogP contribution is 2.44. The first-order chi connectivity index (χ1) is 16.0. The van der Waals surface area contributed by atoms with Crippen molar-refractivity contribution in [3.8, 4) is 11.1 Å². The van der Waals surface area contributed by atoms with Crippen molar-refractivity contribution in [2.75, 3.05) is 18.5 Å². The van der Waals surface area contributed by atoms with Crippen LogP contribution in [0, 0.1) is 6.92 Å². The van der Waals surface area contributed by atoms with Gasteiger partial charge in [0.25, 0.3) is 0 Å². The quantitative estimate of drug-likeness (QED) is 0.424. The normalized spacial score (nSPS) is 12.0. The lowest BCUT2D eigenvalue weighted by Gasteiger charge is -2.14. The van der Waals surface area contributed by atoms with E-state index in [9.17, 15) is 19.5 Å². The molecular weight excluding hydrogens is 442 g/mol. The van der Waals surface area contributed by atoms with Crippen LogP contribution in [0.5, 0.6) is 0 Å². The summed E-state index contributed by atoms with van der Waals surface area (Å²) in [5, 5.41) is 14.7. The van der Waals surface area contributed by atoms with Gasteiger partial charge in [-0.05, 0) is 47.1 Å². The number of hydrogen-bond acceptors (Lipinski definition) is 6. The van der Waals surface area contributed by atoms with Gasteiger partial charge in [0.15, 0.2) is 0 Å². The number of rotatable bonds is 8. The lowest BCUT2D eigenvalue weighted by molar-refractivity contribution is -0.116. The molecule has 0 radical (unpaired) electrons. The van der Waals surface area contributed by atoms with Crippen LogP contribution in [0.2, 0.25) is 0 Å². The van der Waals surface area contributed by atoms with Crippen LogP contribution in [0.4, 0.5) is 9.80 Å². The van der Waals surface area contributed by atoms with E-state index >= 15 is 0 Å². The average molecular weight is 466 g/mol. The Morgan fingerprint density at radius 1 is 1.06 bits per heavy atom. The number of carboxylic acids is 1. The zero-order valence-electron chi connectivity index (χ0n) is 18.0. The number of alkyl carbamates (subject to hydrolysis) is 1. The van der Waals surface area contributed by atoms with Gasteiger partial charge >= 0.3 is 12.1 Å². The van der Waals surface area contributed by atoms with Crippen LogP contribution in [0.3, 0.4) is 0 Å². The number of fused-ring (bicyclic) bond motifs is 3. The summed E-state index contributed by atoms with van der Waals surface area (Å²) in [7, 11) is 0. The van der Waals surface area contributed by atoms with Crippen molar-refractivity contribution in [3.63, 3.8) is 0 Å². The van der Waals surface area contributed by atoms with Crippen molar-refractivity contribution in [2.45, 2.75) is 25.7 Å². The summed E-state index contributed by atoms with van der Waals surface area (Å²) in [4.78, 5) is 35.5. The van der Waals surface area contributed by atoms with Gasteiger partial charge in [0.05, 0.1) is 5.69 Å². The fraction of sp³-hybridized carbons (Fsp3) is 0.250. The van der Waals surface area contributed by atoms with E-state index in [1.165, 1.54) is 0 Å². The summed E-state index contributed by atoms with van der Waals surface area (Å²) >= 11 is 0.933. The zero-order chi connectivity index (χ0) is 23.4. The minimum Gasteiger partial charge on any atom is -0.478 e. The molecule has 33 heavy (non-hydrogen) atoms. The monoisotopic (exact) mass is 465 g/mol. The lowest BCUT2D eigenvalue weighted by Crippen LogP contribution is -2.27. The summed E-state index contributed by atoms with van der Waals surface area (Å²) in [6, 6.07) is 16.2. The third-order valence-electron chi connectivity index (χ3n) is 5.52. The molecule has 8 nitrogen and oxygen atoms in total. The predicted molar refractivity (Wildman–Crippen MR) is 125 cm³/mol. The Labute approximate surface area is 194 Å². The van der Waals surface area contributed by atoms with Crippen molar-refractivity contribution in [1.29, 1.82) is 0 Å². The average Bonchev–Trinajstić information content (AvgIpc) is 3.33. The molecule has 0 bridgehead atoms. The maximum atomic E-state index is 12.2. The molecule has 1 heterocycles. The molecule has 2 amide bonds. The van der Waals surface area contributed by atoms with Crippen LogP contribution in [0.15, 0.2) is 48.5 Å². The number of amides is 2. The Morgan fingerprint density at radius 3 is 2.33 bits per heavy atom. The third-order valence-corrected chi connectivity index (χ3v) is 6.38. The molecule has 3 aromatic rings. The maximum Gasteiger partial charge on any atom is 0.407 e. The van der Waals surface area contributed by atoms with Crippen molar-refractivity contribution in [1.82, 2.24) is 9.69 Å². The highest BCUT2D eigenvalue weighted by molar-refractivity contribution is 7.11. The number of carbonyl (C=O) groups is 3. The van der Waals surface area contributed by atoms with E-state index in [2.05, 4.69) is 39.3 Å². The number of carbonyl (C=O) groups excluding carboxylic acids is 2. The number of aryl methyl sites for hydroxylation is 1. The Morgan fingerprint density at radius 2 is 1.70 bits per heavy atom. The summed E-state index contributed by atoms with van der Waals surface area (Å²) < 4.78 is 9.43. The van der Waals surface area contributed by atoms with E-state index in [0.717, 1.165) is 33.8 Å². The first-order valence-electron chi connectivity index (χ1n) is 10.5. The second-order valence-corrected chi connectivity index (χ2v) is 8.45. The van der Waals surface area contributed by atoms with Crippen LogP contribution < -0.4 is 10.6 Å². The van der Waals surface area contributed by atoms with Gasteiger partial charge < -0.3 is 20.5 Å². The lowest BCUT2D eigenvalue weighted by atomic mass is 9.98. The molecule has 0 saturated carbocycles. The van der Waals surface area contributed by atoms with E-state index in [0.29, 0.717) is 12.1 Å². The molecule has 0 aliphatic heterocycles. The number of hydrogen-bond donors (Lipinski definition) is 3. The zero-order valence-corrected chi connectivity index (χ0v) is 18.8. The second kappa shape index (κ2) is 9.83. The minimum atomic E-state index is -1.13. The largest absolute Gasteiger partial charge is 0.478 e. The smallest absolute Gasteiger partial charge is 0.407 e. The molecule has 1 aromatic heterocycles. The number of carboxylic acid groups (broad SMARTS) is 1. The molecule has 0 saturated heterocycles. The van der Waals surface area contributed by atoms with Gasteiger partial charge in [-0.15, -0.1) is 0 Å².